The van der Waals surface area contributed by atoms with Gasteiger partial charge in [0, 0.05) is 17.0 Å². The first kappa shape index (κ1) is 20.4. The van der Waals surface area contributed by atoms with Crippen LogP contribution in [0.15, 0.2) is 40.8 Å². The Bertz CT molecular complexity index is 1190. The van der Waals surface area contributed by atoms with Gasteiger partial charge in [-0.25, -0.2) is 9.97 Å². The molecule has 0 aliphatic heterocycles. The van der Waals surface area contributed by atoms with Crippen molar-refractivity contribution < 1.29 is 9.52 Å². The third-order valence-corrected chi connectivity index (χ3v) is 5.24. The molecule has 0 spiro atoms. The molecule has 0 bridgehead atoms. The molecule has 0 aliphatic rings. The van der Waals surface area contributed by atoms with Gasteiger partial charge in [-0.1, -0.05) is 37.6 Å². The van der Waals surface area contributed by atoms with Gasteiger partial charge in [-0.2, -0.15) is 4.98 Å². The van der Waals surface area contributed by atoms with Gasteiger partial charge in [-0.15, -0.1) is 0 Å². The van der Waals surface area contributed by atoms with Crippen LogP contribution in [0.3, 0.4) is 0 Å². The van der Waals surface area contributed by atoms with Crippen molar-refractivity contribution in [1.29, 1.82) is 0 Å². The molecule has 0 atom stereocenters. The largest absolute Gasteiger partial charge is 0.507 e. The van der Waals surface area contributed by atoms with E-state index in [0.29, 0.717) is 46.1 Å². The van der Waals surface area contributed by atoms with Gasteiger partial charge in [0.05, 0.1) is 5.69 Å². The van der Waals surface area contributed by atoms with Gasteiger partial charge in [-0.3, -0.25) is 0 Å². The third kappa shape index (κ3) is 4.17. The molecule has 0 radical (unpaired) electrons. The number of benzene rings is 2. The number of hydrogen-bond acceptors (Lipinski definition) is 5. The molecule has 1 N–H and O–H groups in total. The number of aromatic nitrogens is 3. The standard InChI is InChI=1S/C24H24ClN3O2/c1-13(2)9-19-21-24(27-20(26-19)12-16-5-7-18(25)8-6-16)30-23(28-21)17-10-14(3)22(29)15(4)11-17/h5-8,10-11,13,29H,9,12H2,1-4H3. The quantitative estimate of drug-likeness (QED) is 0.424. The summed E-state index contributed by atoms with van der Waals surface area (Å²) in [4.78, 5) is 14.2. The van der Waals surface area contributed by atoms with Crippen LogP contribution in [0.5, 0.6) is 5.75 Å². The van der Waals surface area contributed by atoms with Crippen molar-refractivity contribution in [2.45, 2.75) is 40.5 Å². The van der Waals surface area contributed by atoms with E-state index in [2.05, 4.69) is 18.8 Å². The molecule has 154 valence electrons. The van der Waals surface area contributed by atoms with Crippen molar-refractivity contribution in [1.82, 2.24) is 15.0 Å². The van der Waals surface area contributed by atoms with E-state index in [0.717, 1.165) is 34.4 Å². The van der Waals surface area contributed by atoms with Crippen LogP contribution in [0.4, 0.5) is 0 Å². The molecule has 0 unspecified atom stereocenters. The van der Waals surface area contributed by atoms with Gasteiger partial charge >= 0.3 is 0 Å². The lowest BCUT2D eigenvalue weighted by Crippen LogP contribution is -2.04. The molecule has 0 fully saturated rings. The molecular formula is C24H24ClN3O2. The number of phenols is 1. The summed E-state index contributed by atoms with van der Waals surface area (Å²) in [5.41, 5.74) is 5.54. The van der Waals surface area contributed by atoms with Crippen molar-refractivity contribution >= 4 is 22.8 Å². The fraction of sp³-hybridized carbons (Fsp3) is 0.292. The monoisotopic (exact) mass is 421 g/mol. The highest BCUT2D eigenvalue weighted by Gasteiger charge is 2.18. The average molecular weight is 422 g/mol. The number of oxazole rings is 1. The molecule has 0 aliphatic carbocycles. The van der Waals surface area contributed by atoms with Gasteiger partial charge in [-0.05, 0) is 67.1 Å². The Morgan fingerprint density at radius 1 is 1.00 bits per heavy atom. The molecule has 2 heterocycles. The average Bonchev–Trinajstić information content (AvgIpc) is 3.11. The number of rotatable bonds is 5. The summed E-state index contributed by atoms with van der Waals surface area (Å²) in [6.45, 7) is 8.03. The maximum Gasteiger partial charge on any atom is 0.251 e. The van der Waals surface area contributed by atoms with Crippen LogP contribution in [-0.4, -0.2) is 20.1 Å². The lowest BCUT2D eigenvalue weighted by molar-refractivity contribution is 0.467. The predicted molar refractivity (Wildman–Crippen MR) is 119 cm³/mol. The summed E-state index contributed by atoms with van der Waals surface area (Å²) in [6.07, 6.45) is 1.37. The van der Waals surface area contributed by atoms with Crippen molar-refractivity contribution in [3.05, 3.63) is 69.6 Å². The highest BCUT2D eigenvalue weighted by Crippen LogP contribution is 2.31. The van der Waals surface area contributed by atoms with Gasteiger partial charge in [0.25, 0.3) is 5.71 Å². The summed E-state index contributed by atoms with van der Waals surface area (Å²) in [5.74, 6) is 1.89. The molecule has 2 aromatic heterocycles. The minimum atomic E-state index is 0.292. The van der Waals surface area contributed by atoms with Gasteiger partial charge in [0.15, 0.2) is 5.52 Å². The number of fused-ring (bicyclic) bond motifs is 1. The molecule has 2 aromatic carbocycles. The van der Waals surface area contributed by atoms with E-state index in [1.807, 2.05) is 50.2 Å². The molecule has 0 saturated carbocycles. The first-order valence-corrected chi connectivity index (χ1v) is 10.4. The Balaban J connectivity index is 1.80. The number of hydrogen-bond donors (Lipinski definition) is 1. The molecule has 6 heteroatoms. The molecule has 4 aromatic rings. The van der Waals surface area contributed by atoms with Gasteiger partial charge < -0.3 is 9.52 Å². The van der Waals surface area contributed by atoms with E-state index in [-0.39, 0.29) is 0 Å². The minimum Gasteiger partial charge on any atom is -0.507 e. The lowest BCUT2D eigenvalue weighted by atomic mass is 10.1. The molecule has 4 rings (SSSR count). The maximum absolute atomic E-state index is 10.1. The van der Waals surface area contributed by atoms with Crippen molar-refractivity contribution in [3.63, 3.8) is 0 Å². The second-order valence-corrected chi connectivity index (χ2v) is 8.56. The van der Waals surface area contributed by atoms with Crippen LogP contribution in [0, 0.1) is 19.8 Å². The summed E-state index contributed by atoms with van der Waals surface area (Å²) in [5, 5.41) is 10.8. The van der Waals surface area contributed by atoms with E-state index >= 15 is 0 Å². The second kappa shape index (κ2) is 8.07. The number of nitrogens with zero attached hydrogens (tertiary/aromatic N) is 3. The summed E-state index contributed by atoms with van der Waals surface area (Å²) < 4.78 is 6.06. The Kier molecular flexibility index (Phi) is 5.48. The predicted octanol–water partition coefficient (Wildman–Crippen LogP) is 6.05. The van der Waals surface area contributed by atoms with E-state index in [1.165, 1.54) is 0 Å². The lowest BCUT2D eigenvalue weighted by Gasteiger charge is -2.07. The normalized spacial score (nSPS) is 11.5. The second-order valence-electron chi connectivity index (χ2n) is 8.12. The smallest absolute Gasteiger partial charge is 0.251 e. The van der Waals surface area contributed by atoms with Crippen LogP contribution in [0.2, 0.25) is 5.02 Å². The minimum absolute atomic E-state index is 0.292. The Labute approximate surface area is 180 Å². The fourth-order valence-electron chi connectivity index (χ4n) is 3.52. The number of aromatic hydroxyl groups is 1. The zero-order valence-corrected chi connectivity index (χ0v) is 18.3. The SMILES string of the molecule is Cc1cc(-c2nc3c(CC(C)C)nc(Cc4ccc(Cl)cc4)nc3o2)cc(C)c1O. The van der Waals surface area contributed by atoms with Gasteiger partial charge in [0.2, 0.25) is 5.89 Å². The van der Waals surface area contributed by atoms with E-state index in [4.69, 9.17) is 26.0 Å². The van der Waals surface area contributed by atoms with Crippen LogP contribution in [0.25, 0.3) is 22.7 Å². The van der Waals surface area contributed by atoms with E-state index < -0.39 is 0 Å². The molecule has 0 saturated heterocycles. The highest BCUT2D eigenvalue weighted by atomic mass is 35.5. The Morgan fingerprint density at radius 3 is 2.30 bits per heavy atom. The van der Waals surface area contributed by atoms with Crippen LogP contribution in [0.1, 0.15) is 42.1 Å². The Hall–Kier alpha value is -2.92. The van der Waals surface area contributed by atoms with E-state index in [1.54, 1.807) is 0 Å². The highest BCUT2D eigenvalue weighted by molar-refractivity contribution is 6.30. The fourth-order valence-corrected chi connectivity index (χ4v) is 3.65. The Morgan fingerprint density at radius 2 is 1.67 bits per heavy atom. The van der Waals surface area contributed by atoms with Crippen molar-refractivity contribution in [2.24, 2.45) is 5.92 Å². The van der Waals surface area contributed by atoms with E-state index in [9.17, 15) is 5.11 Å². The third-order valence-electron chi connectivity index (χ3n) is 4.99. The zero-order valence-electron chi connectivity index (χ0n) is 17.5. The topological polar surface area (TPSA) is 72.0 Å². The summed E-state index contributed by atoms with van der Waals surface area (Å²) in [7, 11) is 0. The molecule has 0 amide bonds. The summed E-state index contributed by atoms with van der Waals surface area (Å²) >= 11 is 6.00. The zero-order chi connectivity index (χ0) is 21.4. The van der Waals surface area contributed by atoms with Gasteiger partial charge in [0.1, 0.15) is 11.6 Å². The number of phenolic OH excluding ortho intramolecular Hbond substituents is 1. The summed E-state index contributed by atoms with van der Waals surface area (Å²) in [6, 6.07) is 11.4. The number of aryl methyl sites for hydroxylation is 2. The molecule has 5 nitrogen and oxygen atoms in total. The van der Waals surface area contributed by atoms with Crippen molar-refractivity contribution in [2.75, 3.05) is 0 Å². The first-order chi connectivity index (χ1) is 14.3. The molecular weight excluding hydrogens is 398 g/mol. The maximum atomic E-state index is 10.1. The van der Waals surface area contributed by atoms with Crippen LogP contribution >= 0.6 is 11.6 Å². The van der Waals surface area contributed by atoms with Crippen molar-refractivity contribution in [3.8, 4) is 17.2 Å². The van der Waals surface area contributed by atoms with Crippen LogP contribution < -0.4 is 0 Å². The number of halogens is 1. The molecule has 30 heavy (non-hydrogen) atoms. The van der Waals surface area contributed by atoms with Crippen LogP contribution in [-0.2, 0) is 12.8 Å². The first-order valence-electron chi connectivity index (χ1n) is 10.0.